The minimum absolute atomic E-state index is 0.122. The van der Waals surface area contributed by atoms with Crippen molar-refractivity contribution in [1.82, 2.24) is 5.32 Å². The number of hydrogen-bond donors (Lipinski definition) is 2. The smallest absolute Gasteiger partial charge is 0.258 e. The standard InChI is InChI=1S/C9H12N2OS/c1-4-11-8(12)7-5-6(2)13-9(7)10-3/h4-5,10H,1H2,2-3H3,(H,11,12). The van der Waals surface area contributed by atoms with Gasteiger partial charge in [0.2, 0.25) is 0 Å². The van der Waals surface area contributed by atoms with E-state index in [1.807, 2.05) is 13.0 Å². The Kier molecular flexibility index (Phi) is 3.08. The van der Waals surface area contributed by atoms with E-state index in [4.69, 9.17) is 0 Å². The Morgan fingerprint density at radius 3 is 2.92 bits per heavy atom. The van der Waals surface area contributed by atoms with Crippen LogP contribution in [0.4, 0.5) is 5.00 Å². The minimum atomic E-state index is -0.122. The first-order valence-electron chi connectivity index (χ1n) is 3.89. The largest absolute Gasteiger partial charge is 0.379 e. The highest BCUT2D eigenvalue weighted by molar-refractivity contribution is 7.16. The van der Waals surface area contributed by atoms with Crippen LogP contribution in [0.5, 0.6) is 0 Å². The highest BCUT2D eigenvalue weighted by atomic mass is 32.1. The van der Waals surface area contributed by atoms with Gasteiger partial charge in [0, 0.05) is 11.9 Å². The summed E-state index contributed by atoms with van der Waals surface area (Å²) in [6, 6.07) is 1.86. The second-order valence-corrected chi connectivity index (χ2v) is 3.78. The van der Waals surface area contributed by atoms with Gasteiger partial charge in [0.05, 0.1) is 5.56 Å². The third kappa shape index (κ3) is 2.09. The van der Waals surface area contributed by atoms with E-state index in [9.17, 15) is 4.79 Å². The number of amides is 1. The second-order valence-electron chi connectivity index (χ2n) is 2.53. The van der Waals surface area contributed by atoms with Gasteiger partial charge in [-0.1, -0.05) is 6.58 Å². The predicted molar refractivity (Wildman–Crippen MR) is 56.3 cm³/mol. The first kappa shape index (κ1) is 9.80. The molecule has 1 aromatic heterocycles. The Bertz CT molecular complexity index is 330. The highest BCUT2D eigenvalue weighted by Crippen LogP contribution is 2.26. The normalized spacial score (nSPS) is 9.38. The van der Waals surface area contributed by atoms with Crippen LogP contribution in [0.15, 0.2) is 18.8 Å². The molecule has 0 spiro atoms. The molecule has 0 atom stereocenters. The van der Waals surface area contributed by atoms with Gasteiger partial charge in [-0.15, -0.1) is 11.3 Å². The van der Waals surface area contributed by atoms with Crippen LogP contribution in [0.25, 0.3) is 0 Å². The number of anilines is 1. The van der Waals surface area contributed by atoms with Crippen LogP contribution < -0.4 is 10.6 Å². The van der Waals surface area contributed by atoms with Gasteiger partial charge in [0.1, 0.15) is 5.00 Å². The number of aryl methyl sites for hydroxylation is 1. The lowest BCUT2D eigenvalue weighted by molar-refractivity contribution is 0.0971. The zero-order chi connectivity index (χ0) is 9.84. The Labute approximate surface area is 81.5 Å². The van der Waals surface area contributed by atoms with Crippen LogP contribution >= 0.6 is 11.3 Å². The van der Waals surface area contributed by atoms with Gasteiger partial charge in [0.15, 0.2) is 0 Å². The Hall–Kier alpha value is -1.29. The fourth-order valence-electron chi connectivity index (χ4n) is 1.04. The molecular formula is C9H12N2OS. The van der Waals surface area contributed by atoms with Gasteiger partial charge in [0.25, 0.3) is 5.91 Å². The lowest BCUT2D eigenvalue weighted by Crippen LogP contribution is -2.16. The first-order chi connectivity index (χ1) is 6.19. The Morgan fingerprint density at radius 2 is 2.38 bits per heavy atom. The summed E-state index contributed by atoms with van der Waals surface area (Å²) in [7, 11) is 1.80. The number of carbonyl (C=O) groups is 1. The average Bonchev–Trinajstić information content (AvgIpc) is 2.47. The summed E-state index contributed by atoms with van der Waals surface area (Å²) in [5, 5.41) is 6.41. The van der Waals surface area contributed by atoms with Gasteiger partial charge in [-0.05, 0) is 19.2 Å². The van der Waals surface area contributed by atoms with E-state index in [1.54, 1.807) is 18.4 Å². The minimum Gasteiger partial charge on any atom is -0.379 e. The van der Waals surface area contributed by atoms with Crippen molar-refractivity contribution < 1.29 is 4.79 Å². The maximum atomic E-state index is 11.4. The molecule has 2 N–H and O–H groups in total. The molecule has 0 aromatic carbocycles. The molecular weight excluding hydrogens is 184 g/mol. The van der Waals surface area contributed by atoms with Crippen LogP contribution in [0, 0.1) is 6.92 Å². The summed E-state index contributed by atoms with van der Waals surface area (Å²) in [5.74, 6) is -0.122. The molecule has 0 aliphatic carbocycles. The predicted octanol–water partition coefficient (Wildman–Crippen LogP) is 1.97. The van der Waals surface area contributed by atoms with Crippen LogP contribution in [-0.4, -0.2) is 13.0 Å². The zero-order valence-corrected chi connectivity index (χ0v) is 8.49. The lowest BCUT2D eigenvalue weighted by atomic mass is 10.3. The number of nitrogens with one attached hydrogen (secondary N) is 2. The molecule has 0 aliphatic heterocycles. The molecule has 1 rings (SSSR count). The summed E-state index contributed by atoms with van der Waals surface area (Å²) < 4.78 is 0. The highest BCUT2D eigenvalue weighted by Gasteiger charge is 2.11. The van der Waals surface area contributed by atoms with E-state index in [-0.39, 0.29) is 5.91 Å². The van der Waals surface area contributed by atoms with E-state index in [2.05, 4.69) is 17.2 Å². The summed E-state index contributed by atoms with van der Waals surface area (Å²) in [5.41, 5.74) is 0.671. The maximum absolute atomic E-state index is 11.4. The third-order valence-corrected chi connectivity index (χ3v) is 2.63. The molecule has 0 bridgehead atoms. The summed E-state index contributed by atoms with van der Waals surface area (Å²) in [6.45, 7) is 5.41. The number of carbonyl (C=O) groups excluding carboxylic acids is 1. The van der Waals surface area contributed by atoms with E-state index in [1.165, 1.54) is 6.20 Å². The molecule has 1 aromatic rings. The van der Waals surface area contributed by atoms with Gasteiger partial charge in [-0.2, -0.15) is 0 Å². The molecule has 4 heteroatoms. The average molecular weight is 196 g/mol. The van der Waals surface area contributed by atoms with Crippen molar-refractivity contribution in [3.8, 4) is 0 Å². The van der Waals surface area contributed by atoms with Gasteiger partial charge in [-0.25, -0.2) is 0 Å². The molecule has 70 valence electrons. The van der Waals surface area contributed by atoms with Gasteiger partial charge < -0.3 is 10.6 Å². The molecule has 0 aliphatic rings. The molecule has 0 radical (unpaired) electrons. The lowest BCUT2D eigenvalue weighted by Gasteiger charge is -2.00. The fourth-order valence-corrected chi connectivity index (χ4v) is 1.90. The monoisotopic (exact) mass is 196 g/mol. The molecule has 1 amide bonds. The zero-order valence-electron chi connectivity index (χ0n) is 7.68. The fraction of sp³-hybridized carbons (Fsp3) is 0.222. The molecule has 13 heavy (non-hydrogen) atoms. The van der Waals surface area contributed by atoms with E-state index >= 15 is 0 Å². The second kappa shape index (κ2) is 4.09. The molecule has 0 fully saturated rings. The van der Waals surface area contributed by atoms with Crippen molar-refractivity contribution in [3.63, 3.8) is 0 Å². The topological polar surface area (TPSA) is 41.1 Å². The first-order valence-corrected chi connectivity index (χ1v) is 4.70. The number of thiophene rings is 1. The van der Waals surface area contributed by atoms with E-state index in [0.717, 1.165) is 9.88 Å². The van der Waals surface area contributed by atoms with Crippen molar-refractivity contribution >= 4 is 22.2 Å². The van der Waals surface area contributed by atoms with Crippen LogP contribution in [0.2, 0.25) is 0 Å². The van der Waals surface area contributed by atoms with Crippen molar-refractivity contribution in [2.45, 2.75) is 6.92 Å². The van der Waals surface area contributed by atoms with Crippen molar-refractivity contribution in [1.29, 1.82) is 0 Å². The van der Waals surface area contributed by atoms with Crippen molar-refractivity contribution in [2.75, 3.05) is 12.4 Å². The molecule has 1 heterocycles. The van der Waals surface area contributed by atoms with Crippen LogP contribution in [0.1, 0.15) is 15.2 Å². The van der Waals surface area contributed by atoms with Gasteiger partial charge in [-0.3, -0.25) is 4.79 Å². The van der Waals surface area contributed by atoms with Crippen LogP contribution in [-0.2, 0) is 0 Å². The SMILES string of the molecule is C=CNC(=O)c1cc(C)sc1NC. The van der Waals surface area contributed by atoms with E-state index < -0.39 is 0 Å². The third-order valence-electron chi connectivity index (χ3n) is 1.56. The Morgan fingerprint density at radius 1 is 1.69 bits per heavy atom. The summed E-state index contributed by atoms with van der Waals surface area (Å²) in [6.07, 6.45) is 1.38. The van der Waals surface area contributed by atoms with Crippen molar-refractivity contribution in [2.24, 2.45) is 0 Å². The van der Waals surface area contributed by atoms with Crippen LogP contribution in [0.3, 0.4) is 0 Å². The molecule has 0 saturated heterocycles. The van der Waals surface area contributed by atoms with Gasteiger partial charge >= 0.3 is 0 Å². The number of hydrogen-bond acceptors (Lipinski definition) is 3. The molecule has 3 nitrogen and oxygen atoms in total. The summed E-state index contributed by atoms with van der Waals surface area (Å²) >= 11 is 1.56. The molecule has 0 unspecified atom stereocenters. The Balaban J connectivity index is 2.97. The quantitative estimate of drug-likeness (QED) is 0.776. The maximum Gasteiger partial charge on any atom is 0.258 e. The number of rotatable bonds is 3. The summed E-state index contributed by atoms with van der Waals surface area (Å²) in [4.78, 5) is 12.5. The molecule has 0 saturated carbocycles. The van der Waals surface area contributed by atoms with E-state index in [0.29, 0.717) is 5.56 Å². The van der Waals surface area contributed by atoms with Crippen molar-refractivity contribution in [3.05, 3.63) is 29.3 Å².